The van der Waals surface area contributed by atoms with Gasteiger partial charge in [0.1, 0.15) is 6.54 Å². The third-order valence-corrected chi connectivity index (χ3v) is 6.11. The first kappa shape index (κ1) is 22.1. The van der Waals surface area contributed by atoms with Gasteiger partial charge in [-0.1, -0.05) is 84.9 Å². The summed E-state index contributed by atoms with van der Waals surface area (Å²) >= 11 is 0. The van der Waals surface area contributed by atoms with E-state index >= 15 is 0 Å². The zero-order valence-corrected chi connectivity index (χ0v) is 18.5. The van der Waals surface area contributed by atoms with Crippen LogP contribution in [0.15, 0.2) is 95.5 Å². The van der Waals surface area contributed by atoms with Crippen molar-refractivity contribution >= 4 is 27.5 Å². The van der Waals surface area contributed by atoms with E-state index in [0.717, 1.165) is 42.7 Å². The molecule has 4 aromatic carbocycles. The molecule has 0 aliphatic carbocycles. The molecule has 0 heterocycles. The molecule has 0 saturated heterocycles. The number of benzene rings is 4. The van der Waals surface area contributed by atoms with E-state index in [-0.39, 0.29) is 6.54 Å². The average molecular weight is 441 g/mol. The van der Waals surface area contributed by atoms with Gasteiger partial charge >= 0.3 is 0 Å². The molecule has 2 unspecified atom stereocenters. The van der Waals surface area contributed by atoms with Crippen molar-refractivity contribution in [2.45, 2.75) is 25.9 Å². The van der Waals surface area contributed by atoms with Gasteiger partial charge in [0.05, 0.1) is 22.7 Å². The average Bonchev–Trinajstić information content (AvgIpc) is 2.86. The minimum atomic E-state index is -0.609. The summed E-state index contributed by atoms with van der Waals surface area (Å²) in [7, 11) is 0. The van der Waals surface area contributed by atoms with E-state index in [0.29, 0.717) is 0 Å². The molecule has 0 aliphatic heterocycles. The third kappa shape index (κ3) is 4.30. The molecule has 7 nitrogen and oxygen atoms in total. The summed E-state index contributed by atoms with van der Waals surface area (Å²) in [6, 6.07) is 26.0. The van der Waals surface area contributed by atoms with Gasteiger partial charge in [0, 0.05) is 0 Å². The van der Waals surface area contributed by atoms with Crippen molar-refractivity contribution in [2.75, 3.05) is 6.54 Å². The second-order valence-electron chi connectivity index (χ2n) is 7.99. The van der Waals surface area contributed by atoms with Crippen LogP contribution in [0.1, 0.15) is 37.1 Å². The first-order valence-corrected chi connectivity index (χ1v) is 10.8. The monoisotopic (exact) mass is 440 g/mol. The highest BCUT2D eigenvalue weighted by atomic mass is 16.3. The fourth-order valence-corrected chi connectivity index (χ4v) is 4.30. The van der Waals surface area contributed by atoms with Gasteiger partial charge in [0.25, 0.3) is 5.91 Å². The van der Waals surface area contributed by atoms with Gasteiger partial charge in [0.2, 0.25) is 0 Å². The molecule has 1 amide bonds. The van der Waals surface area contributed by atoms with E-state index in [2.05, 4.69) is 10.6 Å². The van der Waals surface area contributed by atoms with Gasteiger partial charge in [-0.2, -0.15) is 5.01 Å². The summed E-state index contributed by atoms with van der Waals surface area (Å²) in [6.07, 6.45) is 0. The lowest BCUT2D eigenvalue weighted by Gasteiger charge is -2.27. The van der Waals surface area contributed by atoms with Crippen LogP contribution < -0.4 is 0 Å². The lowest BCUT2D eigenvalue weighted by Crippen LogP contribution is -2.37. The first-order chi connectivity index (χ1) is 16.0. The highest BCUT2D eigenvalue weighted by molar-refractivity contribution is 5.87. The maximum absolute atomic E-state index is 13.1. The van der Waals surface area contributed by atoms with E-state index in [1.807, 2.05) is 91.9 Å². The molecule has 0 fully saturated rings. The van der Waals surface area contributed by atoms with Crippen LogP contribution in [0.4, 0.5) is 0 Å². The van der Waals surface area contributed by atoms with E-state index in [4.69, 9.17) is 0 Å². The number of fused-ring (bicyclic) bond motifs is 2. The zero-order valence-electron chi connectivity index (χ0n) is 18.5. The second kappa shape index (κ2) is 9.56. The molecule has 0 N–H and O–H groups in total. The predicted molar refractivity (Wildman–Crippen MR) is 130 cm³/mol. The maximum Gasteiger partial charge on any atom is 0.267 e. The number of nitrogens with zero attached hydrogens (tertiary/aromatic N) is 4. The summed E-state index contributed by atoms with van der Waals surface area (Å²) in [5, 5.41) is 12.1. The number of amides is 1. The lowest BCUT2D eigenvalue weighted by molar-refractivity contribution is -0.135. The molecule has 4 rings (SSSR count). The molecule has 0 aromatic heterocycles. The molecule has 2 atom stereocenters. The highest BCUT2D eigenvalue weighted by Crippen LogP contribution is 2.31. The van der Waals surface area contributed by atoms with E-state index in [9.17, 15) is 14.6 Å². The van der Waals surface area contributed by atoms with Crippen molar-refractivity contribution in [3.63, 3.8) is 0 Å². The Morgan fingerprint density at radius 3 is 1.70 bits per heavy atom. The van der Waals surface area contributed by atoms with Crippen molar-refractivity contribution in [3.8, 4) is 0 Å². The van der Waals surface area contributed by atoms with Crippen molar-refractivity contribution in [3.05, 3.63) is 106 Å². The summed E-state index contributed by atoms with van der Waals surface area (Å²) in [6.45, 7) is 3.19. The van der Waals surface area contributed by atoms with Gasteiger partial charge in [-0.15, -0.1) is 9.81 Å². The number of nitroso groups, excluding NO2 is 2. The predicted octanol–water partition coefficient (Wildman–Crippen LogP) is 6.31. The third-order valence-electron chi connectivity index (χ3n) is 6.11. The minimum Gasteiger partial charge on any atom is -0.271 e. The Bertz CT molecular complexity index is 1310. The normalized spacial score (nSPS) is 12.8. The van der Waals surface area contributed by atoms with Crippen LogP contribution in [0.25, 0.3) is 21.5 Å². The molecule has 0 bridgehead atoms. The molecule has 166 valence electrons. The van der Waals surface area contributed by atoms with Crippen LogP contribution >= 0.6 is 0 Å². The molecule has 0 saturated carbocycles. The Labute approximate surface area is 191 Å². The lowest BCUT2D eigenvalue weighted by atomic mass is 9.99. The van der Waals surface area contributed by atoms with Crippen LogP contribution in [0.3, 0.4) is 0 Å². The van der Waals surface area contributed by atoms with E-state index in [1.54, 1.807) is 6.92 Å². The van der Waals surface area contributed by atoms with Gasteiger partial charge in [-0.3, -0.25) is 4.79 Å². The quantitative estimate of drug-likeness (QED) is 0.237. The molecule has 4 aromatic rings. The Balaban J connectivity index is 1.59. The van der Waals surface area contributed by atoms with Crippen molar-refractivity contribution < 1.29 is 4.79 Å². The van der Waals surface area contributed by atoms with Crippen molar-refractivity contribution in [1.82, 2.24) is 10.0 Å². The highest BCUT2D eigenvalue weighted by Gasteiger charge is 2.28. The van der Waals surface area contributed by atoms with Crippen LogP contribution in [0, 0.1) is 9.81 Å². The number of rotatable bonds is 8. The standard InChI is InChI=1S/C26H24N4O3/c1-18(22-15-7-11-20-9-3-5-13-24(20)22)29(27-32)17-26(31)30(28-33)19(2)23-16-8-12-21-10-4-6-14-25(21)23/h3-16,18-19H,17H2,1-2H3. The fraction of sp³-hybridized carbons (Fsp3) is 0.192. The Morgan fingerprint density at radius 2 is 1.18 bits per heavy atom. The molecule has 0 spiro atoms. The molecule has 7 heteroatoms. The van der Waals surface area contributed by atoms with Gasteiger partial charge in [-0.05, 0) is 46.5 Å². The van der Waals surface area contributed by atoms with Crippen LogP contribution in [0.2, 0.25) is 0 Å². The number of hydrogen-bond acceptors (Lipinski definition) is 5. The second-order valence-corrected chi connectivity index (χ2v) is 7.99. The molecular weight excluding hydrogens is 416 g/mol. The Morgan fingerprint density at radius 1 is 0.697 bits per heavy atom. The summed E-state index contributed by atoms with van der Waals surface area (Å²) in [5.41, 5.74) is 1.67. The summed E-state index contributed by atoms with van der Waals surface area (Å²) in [5.74, 6) is -0.600. The fourth-order valence-electron chi connectivity index (χ4n) is 4.30. The molecule has 33 heavy (non-hydrogen) atoms. The number of carbonyl (C=O) groups is 1. The van der Waals surface area contributed by atoms with Crippen molar-refractivity contribution in [1.29, 1.82) is 0 Å². The molecule has 0 radical (unpaired) electrons. The molecular formula is C26H24N4O3. The zero-order chi connectivity index (χ0) is 23.4. The molecule has 0 aliphatic rings. The number of carbonyl (C=O) groups excluding carboxylic acids is 1. The Hall–Kier alpha value is -4.13. The van der Waals surface area contributed by atoms with Crippen LogP contribution in [-0.4, -0.2) is 22.5 Å². The topological polar surface area (TPSA) is 82.4 Å². The van der Waals surface area contributed by atoms with Crippen LogP contribution in [-0.2, 0) is 4.79 Å². The smallest absolute Gasteiger partial charge is 0.267 e. The first-order valence-electron chi connectivity index (χ1n) is 10.8. The summed E-state index contributed by atoms with van der Waals surface area (Å²) < 4.78 is 0. The van der Waals surface area contributed by atoms with Gasteiger partial charge < -0.3 is 0 Å². The SMILES string of the molecule is CC(c1cccc2ccccc12)N(CC(=O)N(N=O)C(C)c1cccc2ccccc12)N=O. The minimum absolute atomic E-state index is 0.366. The van der Waals surface area contributed by atoms with E-state index < -0.39 is 18.0 Å². The Kier molecular flexibility index (Phi) is 6.40. The van der Waals surface area contributed by atoms with Crippen LogP contribution in [0.5, 0.6) is 0 Å². The van der Waals surface area contributed by atoms with E-state index in [1.165, 1.54) is 0 Å². The van der Waals surface area contributed by atoms with Gasteiger partial charge in [-0.25, -0.2) is 5.01 Å². The van der Waals surface area contributed by atoms with Crippen molar-refractivity contribution in [2.24, 2.45) is 10.6 Å². The number of hydrogen-bond donors (Lipinski definition) is 0. The largest absolute Gasteiger partial charge is 0.271 e. The van der Waals surface area contributed by atoms with Gasteiger partial charge in [0.15, 0.2) is 0 Å². The summed E-state index contributed by atoms with van der Waals surface area (Å²) in [4.78, 5) is 36.5. The maximum atomic E-state index is 13.1.